The van der Waals surface area contributed by atoms with Crippen molar-refractivity contribution < 1.29 is 14.6 Å². The zero-order valence-electron chi connectivity index (χ0n) is 9.63. The molecule has 18 heavy (non-hydrogen) atoms. The summed E-state index contributed by atoms with van der Waals surface area (Å²) in [5.74, 6) is -0.225. The number of carboxylic acids is 1. The summed E-state index contributed by atoms with van der Waals surface area (Å²) in [6.45, 7) is 2.69. The van der Waals surface area contributed by atoms with Crippen LogP contribution in [0.1, 0.15) is 17.3 Å². The first-order valence-corrected chi connectivity index (χ1v) is 6.12. The lowest BCUT2D eigenvalue weighted by Crippen LogP contribution is -1.99. The number of carboxylic acid groups (broad SMARTS) is 1. The molecule has 0 amide bonds. The molecule has 0 unspecified atom stereocenters. The second-order valence-corrected chi connectivity index (χ2v) is 4.50. The van der Waals surface area contributed by atoms with E-state index in [0.717, 1.165) is 6.54 Å². The number of ether oxygens (including phenoxy) is 1. The van der Waals surface area contributed by atoms with Gasteiger partial charge in [0.1, 0.15) is 11.3 Å². The number of hydrogen-bond acceptors (Lipinski definition) is 3. The highest BCUT2D eigenvalue weighted by molar-refractivity contribution is 9.10. The number of hydrogen-bond donors (Lipinski definition) is 1. The largest absolute Gasteiger partial charge is 0.478 e. The van der Waals surface area contributed by atoms with Gasteiger partial charge in [0.05, 0.1) is 12.4 Å². The zero-order valence-corrected chi connectivity index (χ0v) is 11.2. The molecule has 2 rings (SSSR count). The predicted molar refractivity (Wildman–Crippen MR) is 69.1 cm³/mol. The van der Waals surface area contributed by atoms with E-state index < -0.39 is 5.97 Å². The molecule has 0 aliphatic heterocycles. The summed E-state index contributed by atoms with van der Waals surface area (Å²) in [6, 6.07) is 4.84. The summed E-state index contributed by atoms with van der Waals surface area (Å²) >= 11 is 3.23. The fourth-order valence-electron chi connectivity index (χ4n) is 1.46. The Hall–Kier alpha value is -1.82. The second-order valence-electron chi connectivity index (χ2n) is 3.58. The lowest BCUT2D eigenvalue weighted by Gasteiger charge is -2.06. The number of aryl methyl sites for hydroxylation is 1. The SMILES string of the molecule is CCn1cc(Oc2ccc(Br)cc2C(=O)O)cn1. The first-order chi connectivity index (χ1) is 8.60. The highest BCUT2D eigenvalue weighted by atomic mass is 79.9. The van der Waals surface area contributed by atoms with Gasteiger partial charge in [-0.15, -0.1) is 0 Å². The standard InChI is InChI=1S/C12H11BrN2O3/c1-2-15-7-9(6-14-15)18-11-4-3-8(13)5-10(11)12(16)17/h3-7H,2H2,1H3,(H,16,17). The maximum Gasteiger partial charge on any atom is 0.339 e. The first-order valence-electron chi connectivity index (χ1n) is 5.33. The Labute approximate surface area is 112 Å². The number of benzene rings is 1. The van der Waals surface area contributed by atoms with Crippen molar-refractivity contribution in [1.82, 2.24) is 9.78 Å². The van der Waals surface area contributed by atoms with Gasteiger partial charge in [-0.1, -0.05) is 15.9 Å². The minimum absolute atomic E-state index is 0.105. The summed E-state index contributed by atoms with van der Waals surface area (Å²) in [7, 11) is 0. The normalized spacial score (nSPS) is 10.3. The quantitative estimate of drug-likeness (QED) is 0.942. The summed E-state index contributed by atoms with van der Waals surface area (Å²) < 4.78 is 7.92. The van der Waals surface area contributed by atoms with Gasteiger partial charge in [-0.2, -0.15) is 5.10 Å². The van der Waals surface area contributed by atoms with Crippen molar-refractivity contribution in [2.45, 2.75) is 13.5 Å². The van der Waals surface area contributed by atoms with E-state index in [0.29, 0.717) is 16.0 Å². The van der Waals surface area contributed by atoms with Crippen LogP contribution >= 0.6 is 15.9 Å². The Morgan fingerprint density at radius 3 is 2.94 bits per heavy atom. The van der Waals surface area contributed by atoms with E-state index in [1.54, 1.807) is 29.2 Å². The van der Waals surface area contributed by atoms with Gasteiger partial charge in [-0.05, 0) is 25.1 Å². The molecule has 0 spiro atoms. The fourth-order valence-corrected chi connectivity index (χ4v) is 1.82. The van der Waals surface area contributed by atoms with Gasteiger partial charge in [0.25, 0.3) is 0 Å². The lowest BCUT2D eigenvalue weighted by molar-refractivity contribution is 0.0694. The van der Waals surface area contributed by atoms with Crippen LogP contribution in [0.5, 0.6) is 11.5 Å². The van der Waals surface area contributed by atoms with E-state index in [2.05, 4.69) is 21.0 Å². The predicted octanol–water partition coefficient (Wildman–Crippen LogP) is 3.16. The number of carbonyl (C=O) groups is 1. The van der Waals surface area contributed by atoms with Crippen LogP contribution in [0.3, 0.4) is 0 Å². The van der Waals surface area contributed by atoms with Crippen LogP contribution in [0.25, 0.3) is 0 Å². The van der Waals surface area contributed by atoms with Crippen LogP contribution in [0.4, 0.5) is 0 Å². The Bertz CT molecular complexity index is 580. The zero-order chi connectivity index (χ0) is 13.1. The van der Waals surface area contributed by atoms with Gasteiger partial charge in [0.2, 0.25) is 0 Å². The van der Waals surface area contributed by atoms with Crippen molar-refractivity contribution in [2.75, 3.05) is 0 Å². The Balaban J connectivity index is 2.30. The summed E-state index contributed by atoms with van der Waals surface area (Å²) in [5, 5.41) is 13.2. The van der Waals surface area contributed by atoms with Crippen LogP contribution < -0.4 is 4.74 Å². The third-order valence-electron chi connectivity index (χ3n) is 2.33. The van der Waals surface area contributed by atoms with Gasteiger partial charge in [-0.3, -0.25) is 4.68 Å². The lowest BCUT2D eigenvalue weighted by atomic mass is 10.2. The molecule has 1 heterocycles. The first kappa shape index (κ1) is 12.6. The van der Waals surface area contributed by atoms with Gasteiger partial charge >= 0.3 is 5.97 Å². The molecule has 6 heteroatoms. The third kappa shape index (κ3) is 2.70. The second kappa shape index (κ2) is 5.22. The Kier molecular flexibility index (Phi) is 3.66. The molecule has 5 nitrogen and oxygen atoms in total. The van der Waals surface area contributed by atoms with Crippen LogP contribution in [0.15, 0.2) is 35.1 Å². The van der Waals surface area contributed by atoms with E-state index >= 15 is 0 Å². The molecule has 0 saturated heterocycles. The number of rotatable bonds is 4. The molecular weight excluding hydrogens is 300 g/mol. The van der Waals surface area contributed by atoms with Crippen LogP contribution in [0, 0.1) is 0 Å². The van der Waals surface area contributed by atoms with Crippen LogP contribution in [0.2, 0.25) is 0 Å². The molecule has 1 aromatic carbocycles. The van der Waals surface area contributed by atoms with Crippen molar-refractivity contribution in [1.29, 1.82) is 0 Å². The van der Waals surface area contributed by atoms with Crippen molar-refractivity contribution in [3.05, 3.63) is 40.6 Å². The van der Waals surface area contributed by atoms with E-state index in [-0.39, 0.29) is 5.56 Å². The van der Waals surface area contributed by atoms with Gasteiger partial charge in [0.15, 0.2) is 5.75 Å². The minimum Gasteiger partial charge on any atom is -0.478 e. The average molecular weight is 311 g/mol. The highest BCUT2D eigenvalue weighted by Gasteiger charge is 2.13. The van der Waals surface area contributed by atoms with Crippen molar-refractivity contribution in [3.8, 4) is 11.5 Å². The molecule has 0 radical (unpaired) electrons. The molecule has 0 atom stereocenters. The van der Waals surface area contributed by atoms with Crippen molar-refractivity contribution >= 4 is 21.9 Å². The van der Waals surface area contributed by atoms with Crippen LogP contribution in [-0.4, -0.2) is 20.9 Å². The van der Waals surface area contributed by atoms with Crippen molar-refractivity contribution in [3.63, 3.8) is 0 Å². The third-order valence-corrected chi connectivity index (χ3v) is 2.83. The highest BCUT2D eigenvalue weighted by Crippen LogP contribution is 2.27. The molecule has 94 valence electrons. The Morgan fingerprint density at radius 2 is 2.33 bits per heavy atom. The molecule has 1 N–H and O–H groups in total. The maximum absolute atomic E-state index is 11.1. The van der Waals surface area contributed by atoms with Gasteiger partial charge in [0, 0.05) is 11.0 Å². The monoisotopic (exact) mass is 310 g/mol. The van der Waals surface area contributed by atoms with E-state index in [1.165, 1.54) is 6.07 Å². The topological polar surface area (TPSA) is 64.3 Å². The molecule has 0 saturated carbocycles. The molecule has 0 aliphatic rings. The molecule has 0 aliphatic carbocycles. The van der Waals surface area contributed by atoms with Crippen LogP contribution in [-0.2, 0) is 6.54 Å². The average Bonchev–Trinajstić information content (AvgIpc) is 2.79. The summed E-state index contributed by atoms with van der Waals surface area (Å²) in [5.41, 5.74) is 0.105. The number of aromatic nitrogens is 2. The number of aromatic carboxylic acids is 1. The van der Waals surface area contributed by atoms with E-state index in [9.17, 15) is 4.79 Å². The molecule has 0 bridgehead atoms. The van der Waals surface area contributed by atoms with Gasteiger partial charge in [-0.25, -0.2) is 4.79 Å². The minimum atomic E-state index is -1.03. The van der Waals surface area contributed by atoms with E-state index in [4.69, 9.17) is 9.84 Å². The molecular formula is C12H11BrN2O3. The summed E-state index contributed by atoms with van der Waals surface area (Å²) in [4.78, 5) is 11.1. The molecule has 2 aromatic rings. The maximum atomic E-state index is 11.1. The molecule has 0 fully saturated rings. The Morgan fingerprint density at radius 1 is 1.56 bits per heavy atom. The number of halogens is 1. The number of nitrogens with zero attached hydrogens (tertiary/aromatic N) is 2. The smallest absolute Gasteiger partial charge is 0.339 e. The molecule has 1 aromatic heterocycles. The summed E-state index contributed by atoms with van der Waals surface area (Å²) in [6.07, 6.45) is 3.27. The fraction of sp³-hybridized carbons (Fsp3) is 0.167. The van der Waals surface area contributed by atoms with Gasteiger partial charge < -0.3 is 9.84 Å². The van der Waals surface area contributed by atoms with E-state index in [1.807, 2.05) is 6.92 Å². The van der Waals surface area contributed by atoms with Crippen molar-refractivity contribution in [2.24, 2.45) is 0 Å².